The number of unbranched alkanes of at least 4 members (excludes halogenated alkanes) is 2. The first-order chi connectivity index (χ1) is 22.2. The van der Waals surface area contributed by atoms with Crippen molar-refractivity contribution in [2.24, 2.45) is 11.5 Å². The maximum atomic E-state index is 12.9. The van der Waals surface area contributed by atoms with Gasteiger partial charge >= 0.3 is 0 Å². The van der Waals surface area contributed by atoms with Gasteiger partial charge in [-0.25, -0.2) is 0 Å². The van der Waals surface area contributed by atoms with Gasteiger partial charge in [0.2, 0.25) is 17.7 Å². The van der Waals surface area contributed by atoms with Gasteiger partial charge in [-0.05, 0) is 59.8 Å². The first-order valence-corrected chi connectivity index (χ1v) is 16.4. The second-order valence-electron chi connectivity index (χ2n) is 12.6. The average molecular weight is 670 g/mol. The van der Waals surface area contributed by atoms with Gasteiger partial charge in [0.05, 0.1) is 56.5 Å². The summed E-state index contributed by atoms with van der Waals surface area (Å²) in [5.74, 6) is -1.05. The number of aromatic nitrogens is 3. The number of amides is 3. The molecule has 1 aromatic rings. The molecule has 0 bridgehead atoms. The molecule has 1 heterocycles. The average Bonchev–Trinajstić information content (AvgIpc) is 3.44. The van der Waals surface area contributed by atoms with E-state index in [1.54, 1.807) is 25.6 Å². The number of hydrogen-bond donors (Lipinski definition) is 6. The Morgan fingerprint density at radius 2 is 1.53 bits per heavy atom. The third kappa shape index (κ3) is 21.5. The molecule has 47 heavy (non-hydrogen) atoms. The van der Waals surface area contributed by atoms with Gasteiger partial charge in [0.25, 0.3) is 0 Å². The van der Waals surface area contributed by atoms with Crippen molar-refractivity contribution >= 4 is 23.5 Å². The van der Waals surface area contributed by atoms with Crippen LogP contribution in [0.1, 0.15) is 84.8 Å². The number of hydrogen-bond acceptors (Lipinski definition) is 12. The van der Waals surface area contributed by atoms with Crippen molar-refractivity contribution in [1.82, 2.24) is 36.3 Å². The molecule has 1 atom stereocenters. The molecule has 0 aliphatic carbocycles. The molecule has 1 aromatic heterocycles. The lowest BCUT2D eigenvalue weighted by Gasteiger charge is -2.29. The highest BCUT2D eigenvalue weighted by Crippen LogP contribution is 2.13. The van der Waals surface area contributed by atoms with E-state index in [-0.39, 0.29) is 30.4 Å². The highest BCUT2D eigenvalue weighted by molar-refractivity contribution is 5.91. The molecule has 0 spiro atoms. The SMILES string of the molecule is COCc1cn(CCCCC(=O)NCCCCC(NC(C)(C)C(=O)CCC(=O)NCCOCCOCCNC(C)(C)N)C(N)=O)nn1. The summed E-state index contributed by atoms with van der Waals surface area (Å²) in [5, 5.41) is 19.8. The number of carbonyl (C=O) groups is 4. The third-order valence-corrected chi connectivity index (χ3v) is 7.08. The van der Waals surface area contributed by atoms with Crippen molar-refractivity contribution in [2.45, 2.75) is 109 Å². The fourth-order valence-corrected chi connectivity index (χ4v) is 4.47. The Kier molecular flexibility index (Phi) is 20.8. The van der Waals surface area contributed by atoms with Crippen LogP contribution in [0.25, 0.3) is 0 Å². The maximum absolute atomic E-state index is 12.9. The molecular formula is C31H59N9O7. The van der Waals surface area contributed by atoms with E-state index in [0.717, 1.165) is 18.5 Å². The molecule has 1 unspecified atom stereocenters. The van der Waals surface area contributed by atoms with Crippen molar-refractivity contribution in [1.29, 1.82) is 0 Å². The predicted octanol–water partition coefficient (Wildman–Crippen LogP) is -0.113. The van der Waals surface area contributed by atoms with Crippen molar-refractivity contribution < 1.29 is 33.4 Å². The zero-order valence-electron chi connectivity index (χ0n) is 29.0. The lowest BCUT2D eigenvalue weighted by molar-refractivity contribution is -0.129. The summed E-state index contributed by atoms with van der Waals surface area (Å²) in [6.07, 6.45) is 5.51. The van der Waals surface area contributed by atoms with E-state index < -0.39 is 23.2 Å². The molecule has 0 radical (unpaired) electrons. The van der Waals surface area contributed by atoms with Crippen LogP contribution in [0, 0.1) is 0 Å². The molecule has 0 aliphatic rings. The van der Waals surface area contributed by atoms with Crippen LogP contribution in [-0.4, -0.2) is 109 Å². The number of rotatable bonds is 29. The molecule has 16 nitrogen and oxygen atoms in total. The number of primary amides is 1. The summed E-state index contributed by atoms with van der Waals surface area (Å²) in [4.78, 5) is 49.3. The van der Waals surface area contributed by atoms with Crippen LogP contribution in [0.4, 0.5) is 0 Å². The van der Waals surface area contributed by atoms with Gasteiger partial charge in [-0.2, -0.15) is 0 Å². The zero-order chi connectivity index (χ0) is 35.1. The Morgan fingerprint density at radius 1 is 0.872 bits per heavy atom. The van der Waals surface area contributed by atoms with E-state index in [1.807, 2.05) is 20.0 Å². The van der Waals surface area contributed by atoms with Crippen LogP contribution < -0.4 is 32.7 Å². The van der Waals surface area contributed by atoms with Crippen LogP contribution in [-0.2, 0) is 46.5 Å². The van der Waals surface area contributed by atoms with E-state index in [9.17, 15) is 19.2 Å². The normalized spacial score (nSPS) is 12.6. The standard InChI is InChI=1S/C31H59N9O7/c1-30(2,26(41)12-13-28(43)35-15-18-46-20-21-47-19-16-36-31(3,4)33)37-25(29(32)44)10-6-8-14-34-27(42)11-7-9-17-40-22-24(23-45-5)38-39-40/h22,25,36-37H,6-21,23,33H2,1-5H3,(H2,32,44)(H,34,42)(H,35,43). The Labute approximate surface area is 279 Å². The second kappa shape index (κ2) is 23.3. The number of Topliss-reactive ketones (excluding diaryl/α,β-unsaturated/α-hetero) is 1. The van der Waals surface area contributed by atoms with Gasteiger partial charge in [0, 0.05) is 52.6 Å². The van der Waals surface area contributed by atoms with Crippen molar-refractivity contribution in [3.8, 4) is 0 Å². The Balaban J connectivity index is 2.17. The van der Waals surface area contributed by atoms with E-state index in [4.69, 9.17) is 25.7 Å². The van der Waals surface area contributed by atoms with Gasteiger partial charge in [-0.15, -0.1) is 5.10 Å². The number of nitrogens with two attached hydrogens (primary N) is 2. The molecule has 0 aromatic carbocycles. The van der Waals surface area contributed by atoms with Gasteiger partial charge in [-0.3, -0.25) is 34.5 Å². The van der Waals surface area contributed by atoms with Crippen LogP contribution in [0.5, 0.6) is 0 Å². The topological polar surface area (TPSA) is 227 Å². The quantitative estimate of drug-likeness (QED) is 0.0485. The molecule has 3 amide bonds. The summed E-state index contributed by atoms with van der Waals surface area (Å²) in [6, 6.07) is -0.718. The van der Waals surface area contributed by atoms with Crippen molar-refractivity contribution in [2.75, 3.05) is 53.2 Å². The van der Waals surface area contributed by atoms with E-state index in [2.05, 4.69) is 31.6 Å². The smallest absolute Gasteiger partial charge is 0.234 e. The number of aryl methyl sites for hydroxylation is 1. The largest absolute Gasteiger partial charge is 0.378 e. The number of carbonyl (C=O) groups excluding carboxylic acids is 4. The molecule has 0 fully saturated rings. The van der Waals surface area contributed by atoms with E-state index in [0.29, 0.717) is 84.9 Å². The molecule has 0 saturated carbocycles. The first-order valence-electron chi connectivity index (χ1n) is 16.4. The lowest BCUT2D eigenvalue weighted by Crippen LogP contribution is -2.55. The lowest BCUT2D eigenvalue weighted by atomic mass is 9.93. The van der Waals surface area contributed by atoms with Crippen LogP contribution >= 0.6 is 0 Å². The van der Waals surface area contributed by atoms with E-state index >= 15 is 0 Å². The molecule has 16 heteroatoms. The minimum absolute atomic E-state index is 0.0133. The van der Waals surface area contributed by atoms with Crippen LogP contribution in [0.15, 0.2) is 6.20 Å². The third-order valence-electron chi connectivity index (χ3n) is 7.08. The van der Waals surface area contributed by atoms with Gasteiger partial charge in [0.15, 0.2) is 5.78 Å². The molecule has 0 aliphatic heterocycles. The van der Waals surface area contributed by atoms with Crippen LogP contribution in [0.2, 0.25) is 0 Å². The fraction of sp³-hybridized carbons (Fsp3) is 0.806. The Bertz CT molecular complexity index is 1060. The van der Waals surface area contributed by atoms with Crippen LogP contribution in [0.3, 0.4) is 0 Å². The minimum Gasteiger partial charge on any atom is -0.378 e. The number of ketones is 1. The van der Waals surface area contributed by atoms with Gasteiger partial charge in [-0.1, -0.05) is 5.21 Å². The number of ether oxygens (including phenoxy) is 3. The first kappa shape index (κ1) is 42.0. The molecule has 1 rings (SSSR count). The summed E-state index contributed by atoms with van der Waals surface area (Å²) < 4.78 is 17.7. The maximum Gasteiger partial charge on any atom is 0.234 e. The number of methoxy groups -OCH3 is 1. The Morgan fingerprint density at radius 3 is 2.19 bits per heavy atom. The Hall–Kier alpha value is -3.02. The molecule has 0 saturated heterocycles. The molecule has 8 N–H and O–H groups in total. The van der Waals surface area contributed by atoms with Crippen molar-refractivity contribution in [3.63, 3.8) is 0 Å². The zero-order valence-corrected chi connectivity index (χ0v) is 29.0. The van der Waals surface area contributed by atoms with Crippen molar-refractivity contribution in [3.05, 3.63) is 11.9 Å². The minimum atomic E-state index is -1.05. The highest BCUT2D eigenvalue weighted by atomic mass is 16.5. The number of nitrogens with zero attached hydrogens (tertiary/aromatic N) is 3. The summed E-state index contributed by atoms with van der Waals surface area (Å²) in [6.45, 7) is 11.3. The monoisotopic (exact) mass is 669 g/mol. The van der Waals surface area contributed by atoms with E-state index in [1.165, 1.54) is 0 Å². The summed E-state index contributed by atoms with van der Waals surface area (Å²) in [7, 11) is 1.60. The highest BCUT2D eigenvalue weighted by Gasteiger charge is 2.31. The number of nitrogens with one attached hydrogen (secondary N) is 4. The summed E-state index contributed by atoms with van der Waals surface area (Å²) in [5.41, 5.74) is 10.7. The van der Waals surface area contributed by atoms with Gasteiger partial charge in [0.1, 0.15) is 5.69 Å². The molecular weight excluding hydrogens is 610 g/mol. The molecule has 270 valence electrons. The predicted molar refractivity (Wildman–Crippen MR) is 177 cm³/mol. The summed E-state index contributed by atoms with van der Waals surface area (Å²) >= 11 is 0. The fourth-order valence-electron chi connectivity index (χ4n) is 4.47. The second-order valence-corrected chi connectivity index (χ2v) is 12.6. The van der Waals surface area contributed by atoms with Gasteiger partial charge < -0.3 is 36.3 Å².